The Morgan fingerprint density at radius 1 is 0.647 bits per heavy atom. The molecule has 0 radical (unpaired) electrons. The lowest BCUT2D eigenvalue weighted by molar-refractivity contribution is 0.540. The SMILES string of the molecule is CCCCCCCCCCCCNCCNN. The first-order valence-corrected chi connectivity index (χ1v) is 7.56. The Morgan fingerprint density at radius 3 is 1.71 bits per heavy atom. The molecule has 17 heavy (non-hydrogen) atoms. The van der Waals surface area contributed by atoms with E-state index >= 15 is 0 Å². The highest BCUT2D eigenvalue weighted by atomic mass is 15.2. The molecule has 0 rings (SSSR count). The van der Waals surface area contributed by atoms with Crippen LogP contribution in [-0.2, 0) is 0 Å². The first-order chi connectivity index (χ1) is 8.41. The number of nitrogens with two attached hydrogens (primary N) is 1. The zero-order valence-electron chi connectivity index (χ0n) is 11.8. The molecule has 0 saturated carbocycles. The topological polar surface area (TPSA) is 50.1 Å². The van der Waals surface area contributed by atoms with Crippen LogP contribution in [0.2, 0.25) is 0 Å². The molecule has 3 heteroatoms. The molecule has 0 aromatic rings. The highest BCUT2D eigenvalue weighted by Gasteiger charge is 1.92. The minimum absolute atomic E-state index is 0.859. The lowest BCUT2D eigenvalue weighted by Gasteiger charge is -2.04. The molecule has 0 atom stereocenters. The van der Waals surface area contributed by atoms with Crippen molar-refractivity contribution >= 4 is 0 Å². The summed E-state index contributed by atoms with van der Waals surface area (Å²) in [6, 6.07) is 0. The normalized spacial score (nSPS) is 10.9. The zero-order chi connectivity index (χ0) is 12.6. The Balaban J connectivity index is 2.85. The third-order valence-corrected chi connectivity index (χ3v) is 3.15. The van der Waals surface area contributed by atoms with Crippen molar-refractivity contribution in [2.75, 3.05) is 19.6 Å². The molecule has 0 amide bonds. The molecule has 0 spiro atoms. The standard InChI is InChI=1S/C14H33N3/c1-2-3-4-5-6-7-8-9-10-11-12-16-13-14-17-15/h16-17H,2-15H2,1H3. The van der Waals surface area contributed by atoms with E-state index in [-0.39, 0.29) is 0 Å². The molecular weight excluding hydrogens is 210 g/mol. The van der Waals surface area contributed by atoms with E-state index in [1.54, 1.807) is 0 Å². The smallest absolute Gasteiger partial charge is 0.0223 e. The van der Waals surface area contributed by atoms with Crippen LogP contribution in [-0.4, -0.2) is 19.6 Å². The number of unbranched alkanes of at least 4 members (excludes halogenated alkanes) is 9. The van der Waals surface area contributed by atoms with Gasteiger partial charge < -0.3 is 5.32 Å². The van der Waals surface area contributed by atoms with Gasteiger partial charge in [-0.05, 0) is 13.0 Å². The van der Waals surface area contributed by atoms with Crippen LogP contribution in [0, 0.1) is 0 Å². The van der Waals surface area contributed by atoms with Crippen LogP contribution in [0.5, 0.6) is 0 Å². The van der Waals surface area contributed by atoms with Crippen molar-refractivity contribution in [3.05, 3.63) is 0 Å². The summed E-state index contributed by atoms with van der Waals surface area (Å²) >= 11 is 0. The highest BCUT2D eigenvalue weighted by molar-refractivity contribution is 4.51. The predicted molar refractivity (Wildman–Crippen MR) is 76.9 cm³/mol. The summed E-state index contributed by atoms with van der Waals surface area (Å²) in [6.45, 7) is 5.25. The maximum atomic E-state index is 5.18. The second-order valence-electron chi connectivity index (χ2n) is 4.89. The molecule has 4 N–H and O–H groups in total. The monoisotopic (exact) mass is 243 g/mol. The Kier molecular flexibility index (Phi) is 15.8. The van der Waals surface area contributed by atoms with Gasteiger partial charge in [-0.2, -0.15) is 0 Å². The van der Waals surface area contributed by atoms with Crippen molar-refractivity contribution in [1.29, 1.82) is 0 Å². The summed E-state index contributed by atoms with van der Waals surface area (Å²) < 4.78 is 0. The average Bonchev–Trinajstić information content (AvgIpc) is 2.35. The first-order valence-electron chi connectivity index (χ1n) is 7.56. The van der Waals surface area contributed by atoms with Crippen LogP contribution in [0.1, 0.15) is 71.1 Å². The first kappa shape index (κ1) is 16.9. The van der Waals surface area contributed by atoms with Crippen LogP contribution in [0.4, 0.5) is 0 Å². The van der Waals surface area contributed by atoms with Gasteiger partial charge in [0.25, 0.3) is 0 Å². The van der Waals surface area contributed by atoms with E-state index in [0.29, 0.717) is 0 Å². The van der Waals surface area contributed by atoms with E-state index in [1.165, 1.54) is 64.2 Å². The fourth-order valence-electron chi connectivity index (χ4n) is 2.02. The number of rotatable bonds is 14. The summed E-state index contributed by atoms with van der Waals surface area (Å²) in [5.74, 6) is 5.18. The van der Waals surface area contributed by atoms with Crippen LogP contribution < -0.4 is 16.6 Å². The summed E-state index contributed by atoms with van der Waals surface area (Å²) in [5, 5.41) is 3.37. The predicted octanol–water partition coefficient (Wildman–Crippen LogP) is 2.96. The van der Waals surface area contributed by atoms with E-state index in [4.69, 9.17) is 5.84 Å². The second kappa shape index (κ2) is 15.9. The summed E-state index contributed by atoms with van der Waals surface area (Å²) in [5.41, 5.74) is 2.64. The van der Waals surface area contributed by atoms with E-state index in [2.05, 4.69) is 17.7 Å². The molecule has 0 saturated heterocycles. The molecule has 0 aromatic carbocycles. The maximum absolute atomic E-state index is 5.18. The molecule has 0 aromatic heterocycles. The Morgan fingerprint density at radius 2 is 1.18 bits per heavy atom. The Hall–Kier alpha value is -0.120. The van der Waals surface area contributed by atoms with Gasteiger partial charge in [-0.15, -0.1) is 0 Å². The fraction of sp³-hybridized carbons (Fsp3) is 1.00. The molecular formula is C14H33N3. The summed E-state index contributed by atoms with van der Waals surface area (Å²) in [7, 11) is 0. The maximum Gasteiger partial charge on any atom is 0.0223 e. The Labute approximate surface area is 108 Å². The van der Waals surface area contributed by atoms with Gasteiger partial charge in [0.2, 0.25) is 0 Å². The van der Waals surface area contributed by atoms with Gasteiger partial charge >= 0.3 is 0 Å². The molecule has 0 fully saturated rings. The van der Waals surface area contributed by atoms with Crippen molar-refractivity contribution < 1.29 is 0 Å². The summed E-state index contributed by atoms with van der Waals surface area (Å²) in [4.78, 5) is 0. The third-order valence-electron chi connectivity index (χ3n) is 3.15. The van der Waals surface area contributed by atoms with E-state index < -0.39 is 0 Å². The van der Waals surface area contributed by atoms with Crippen LogP contribution in [0.15, 0.2) is 0 Å². The average molecular weight is 243 g/mol. The quantitative estimate of drug-likeness (QED) is 0.250. The number of hydrogen-bond donors (Lipinski definition) is 3. The lowest BCUT2D eigenvalue weighted by Crippen LogP contribution is -2.32. The van der Waals surface area contributed by atoms with Gasteiger partial charge in [0.15, 0.2) is 0 Å². The number of hydrazine groups is 1. The molecule has 0 aliphatic heterocycles. The second-order valence-corrected chi connectivity index (χ2v) is 4.89. The Bertz CT molecular complexity index is 115. The van der Waals surface area contributed by atoms with Crippen LogP contribution in [0.25, 0.3) is 0 Å². The van der Waals surface area contributed by atoms with Gasteiger partial charge in [-0.25, -0.2) is 0 Å². The zero-order valence-corrected chi connectivity index (χ0v) is 11.8. The summed E-state index contributed by atoms with van der Waals surface area (Å²) in [6.07, 6.45) is 14.1. The largest absolute Gasteiger partial charge is 0.315 e. The van der Waals surface area contributed by atoms with E-state index in [9.17, 15) is 0 Å². The number of nitrogens with one attached hydrogen (secondary N) is 2. The molecule has 0 unspecified atom stereocenters. The minimum Gasteiger partial charge on any atom is -0.315 e. The molecule has 3 nitrogen and oxygen atoms in total. The van der Waals surface area contributed by atoms with E-state index in [0.717, 1.165) is 19.6 Å². The van der Waals surface area contributed by atoms with Crippen molar-refractivity contribution in [2.24, 2.45) is 5.84 Å². The van der Waals surface area contributed by atoms with Crippen LogP contribution >= 0.6 is 0 Å². The molecule has 104 valence electrons. The fourth-order valence-corrected chi connectivity index (χ4v) is 2.02. The van der Waals surface area contributed by atoms with Crippen molar-refractivity contribution in [3.8, 4) is 0 Å². The van der Waals surface area contributed by atoms with Gasteiger partial charge in [0, 0.05) is 13.1 Å². The van der Waals surface area contributed by atoms with Gasteiger partial charge in [-0.1, -0.05) is 64.7 Å². The molecule has 0 bridgehead atoms. The van der Waals surface area contributed by atoms with E-state index in [1.807, 2.05) is 0 Å². The highest BCUT2D eigenvalue weighted by Crippen LogP contribution is 2.10. The van der Waals surface area contributed by atoms with Crippen molar-refractivity contribution in [1.82, 2.24) is 10.7 Å². The molecule has 0 aliphatic carbocycles. The minimum atomic E-state index is 0.859. The van der Waals surface area contributed by atoms with Crippen molar-refractivity contribution in [2.45, 2.75) is 71.1 Å². The molecule has 0 heterocycles. The lowest BCUT2D eigenvalue weighted by atomic mass is 10.1. The number of hydrogen-bond acceptors (Lipinski definition) is 3. The van der Waals surface area contributed by atoms with Gasteiger partial charge in [0.1, 0.15) is 0 Å². The molecule has 0 aliphatic rings. The van der Waals surface area contributed by atoms with Crippen molar-refractivity contribution in [3.63, 3.8) is 0 Å². The third kappa shape index (κ3) is 15.9. The van der Waals surface area contributed by atoms with Crippen LogP contribution in [0.3, 0.4) is 0 Å². The van der Waals surface area contributed by atoms with Gasteiger partial charge in [-0.3, -0.25) is 11.3 Å². The van der Waals surface area contributed by atoms with Gasteiger partial charge in [0.05, 0.1) is 0 Å².